The average Bonchev–Trinajstić information content (AvgIpc) is 3.42. The predicted octanol–water partition coefficient (Wildman–Crippen LogP) is 5.70. The van der Waals surface area contributed by atoms with Gasteiger partial charge in [-0.05, 0) is 51.0 Å². The molecule has 4 rings (SSSR count). The average molecular weight is 518 g/mol. The molecule has 0 fully saturated rings. The zero-order valence-electron chi connectivity index (χ0n) is 19.7. The largest absolute Gasteiger partial charge is 0.442 e. The molecule has 2 heterocycles. The predicted molar refractivity (Wildman–Crippen MR) is 136 cm³/mol. The summed E-state index contributed by atoms with van der Waals surface area (Å²) >= 11 is 2.63. The number of nitro groups is 2. The number of fused-ring (bicyclic) bond motifs is 2. The maximum atomic E-state index is 12.1. The van der Waals surface area contributed by atoms with Gasteiger partial charge in [0.05, 0.1) is 37.9 Å². The molecule has 0 spiro atoms. The van der Waals surface area contributed by atoms with Crippen LogP contribution in [0.2, 0.25) is 0 Å². The lowest BCUT2D eigenvalue weighted by atomic mass is 10.1. The van der Waals surface area contributed by atoms with Crippen LogP contribution < -0.4 is 0 Å². The minimum Gasteiger partial charge on any atom is -0.442 e. The summed E-state index contributed by atoms with van der Waals surface area (Å²) in [6.45, 7) is 5.92. The van der Waals surface area contributed by atoms with Gasteiger partial charge in [-0.3, -0.25) is 25.2 Å². The second-order valence-electron chi connectivity index (χ2n) is 8.33. The Hall–Kier alpha value is -3.45. The van der Waals surface area contributed by atoms with E-state index in [2.05, 4.69) is 10.1 Å². The number of nitro benzene ring substituents is 2. The third kappa shape index (κ3) is 5.98. The summed E-state index contributed by atoms with van der Waals surface area (Å²) in [7, 11) is 0. The number of rotatable bonds is 4. The Morgan fingerprint density at radius 3 is 2.20 bits per heavy atom. The fraction of sp³-hybridized carbons (Fsp3) is 0.318. The standard InChI is InChI=1S/C13H15N3O4S.C9H8N2O2S/c1-13(2,3)20-12(17)15-9-6-11(21-4)10(16(18)19)5-8(9)7-14-15;1-14-9-3-7-5-10-4-6(7)2-8(9)11(12)13/h5-7H,1-4H3;2-4H,5H2,1H3. The number of hydrogen-bond acceptors (Lipinski definition) is 10. The number of carbonyl (C=O) groups is 1. The zero-order chi connectivity index (χ0) is 25.9. The molecule has 184 valence electrons. The maximum Gasteiger partial charge on any atom is 0.435 e. The number of nitrogens with zero attached hydrogens (tertiary/aromatic N) is 5. The van der Waals surface area contributed by atoms with Crippen molar-refractivity contribution in [1.82, 2.24) is 9.78 Å². The molecule has 0 atom stereocenters. The molecule has 1 aliphatic rings. The molecule has 1 aliphatic heterocycles. The van der Waals surface area contributed by atoms with E-state index in [-0.39, 0.29) is 16.3 Å². The van der Waals surface area contributed by atoms with Crippen molar-refractivity contribution in [3.8, 4) is 0 Å². The van der Waals surface area contributed by atoms with Gasteiger partial charge in [-0.15, -0.1) is 23.5 Å². The Kier molecular flexibility index (Phi) is 7.80. The summed E-state index contributed by atoms with van der Waals surface area (Å²) in [6.07, 6.45) is 6.06. The van der Waals surface area contributed by atoms with Crippen LogP contribution in [-0.2, 0) is 11.3 Å². The van der Waals surface area contributed by atoms with Crippen molar-refractivity contribution in [3.05, 3.63) is 61.8 Å². The Bertz CT molecular complexity index is 1350. The van der Waals surface area contributed by atoms with E-state index in [4.69, 9.17) is 4.74 Å². The summed E-state index contributed by atoms with van der Waals surface area (Å²) < 4.78 is 6.38. The van der Waals surface area contributed by atoms with Crippen LogP contribution in [0.4, 0.5) is 16.2 Å². The van der Waals surface area contributed by atoms with E-state index in [1.54, 1.807) is 45.4 Å². The van der Waals surface area contributed by atoms with Gasteiger partial charge >= 0.3 is 6.09 Å². The van der Waals surface area contributed by atoms with Crippen LogP contribution in [0, 0.1) is 20.2 Å². The lowest BCUT2D eigenvalue weighted by Gasteiger charge is -2.19. The second-order valence-corrected chi connectivity index (χ2v) is 10.0. The molecule has 0 bridgehead atoms. The number of thioether (sulfide) groups is 2. The lowest BCUT2D eigenvalue weighted by molar-refractivity contribution is -0.387. The molecule has 11 nitrogen and oxygen atoms in total. The molecular weight excluding hydrogens is 494 g/mol. The maximum absolute atomic E-state index is 12.1. The quantitative estimate of drug-likeness (QED) is 0.242. The summed E-state index contributed by atoms with van der Waals surface area (Å²) in [5, 5.41) is 26.2. The van der Waals surface area contributed by atoms with E-state index in [9.17, 15) is 25.0 Å². The number of carbonyl (C=O) groups excluding carboxylic acids is 1. The molecule has 1 aromatic heterocycles. The molecule has 0 unspecified atom stereocenters. The van der Waals surface area contributed by atoms with Gasteiger partial charge < -0.3 is 4.74 Å². The smallest absolute Gasteiger partial charge is 0.435 e. The Morgan fingerprint density at radius 1 is 1.03 bits per heavy atom. The highest BCUT2D eigenvalue weighted by Crippen LogP contribution is 2.33. The first-order chi connectivity index (χ1) is 16.4. The van der Waals surface area contributed by atoms with E-state index in [1.165, 1.54) is 35.8 Å². The molecule has 0 saturated heterocycles. The molecule has 0 aliphatic carbocycles. The van der Waals surface area contributed by atoms with Crippen molar-refractivity contribution in [1.29, 1.82) is 0 Å². The third-order valence-corrected chi connectivity index (χ3v) is 6.29. The number of ether oxygens (including phenoxy) is 1. The van der Waals surface area contributed by atoms with E-state index in [1.807, 2.05) is 12.3 Å². The van der Waals surface area contributed by atoms with E-state index >= 15 is 0 Å². The Labute approximate surface area is 209 Å². The van der Waals surface area contributed by atoms with Gasteiger partial charge in [0.2, 0.25) is 0 Å². The van der Waals surface area contributed by atoms with Gasteiger partial charge in [0.1, 0.15) is 5.60 Å². The van der Waals surface area contributed by atoms with Crippen LogP contribution in [0.3, 0.4) is 0 Å². The summed E-state index contributed by atoms with van der Waals surface area (Å²) in [6, 6.07) is 6.44. The third-order valence-electron chi connectivity index (χ3n) is 4.76. The molecule has 0 N–H and O–H groups in total. The Morgan fingerprint density at radius 2 is 1.63 bits per heavy atom. The van der Waals surface area contributed by atoms with Gasteiger partial charge in [0, 0.05) is 29.3 Å². The number of hydrogen-bond donors (Lipinski definition) is 0. The minimum atomic E-state index is -0.640. The first-order valence-electron chi connectivity index (χ1n) is 10.2. The summed E-state index contributed by atoms with van der Waals surface area (Å²) in [5.41, 5.74) is 1.95. The molecule has 13 heteroatoms. The molecule has 0 radical (unpaired) electrons. The SMILES string of the molecule is CSc1cc2c(cc1[N+](=O)[O-])C=NC2.CSc1cc2c(cnn2C(=O)OC(C)(C)C)cc1[N+](=O)[O-]. The van der Waals surface area contributed by atoms with Crippen LogP contribution in [0.15, 0.2) is 45.2 Å². The van der Waals surface area contributed by atoms with E-state index < -0.39 is 16.6 Å². The van der Waals surface area contributed by atoms with Gasteiger partial charge in [0.25, 0.3) is 11.4 Å². The normalized spacial score (nSPS) is 12.1. The van der Waals surface area contributed by atoms with Crippen molar-refractivity contribution in [2.45, 2.75) is 42.7 Å². The highest BCUT2D eigenvalue weighted by atomic mass is 32.2. The van der Waals surface area contributed by atoms with Crippen LogP contribution in [-0.4, -0.2) is 50.0 Å². The first-order valence-corrected chi connectivity index (χ1v) is 12.7. The second kappa shape index (κ2) is 10.4. The topological polar surface area (TPSA) is 143 Å². The van der Waals surface area contributed by atoms with Gasteiger partial charge in [-0.1, -0.05) is 0 Å². The highest BCUT2D eigenvalue weighted by molar-refractivity contribution is 7.99. The lowest BCUT2D eigenvalue weighted by Crippen LogP contribution is -2.27. The van der Waals surface area contributed by atoms with Crippen LogP contribution in [0.25, 0.3) is 10.9 Å². The van der Waals surface area contributed by atoms with E-state index in [0.717, 1.165) is 15.8 Å². The van der Waals surface area contributed by atoms with Crippen LogP contribution >= 0.6 is 23.5 Å². The number of aromatic nitrogens is 2. The van der Waals surface area contributed by atoms with Crippen molar-refractivity contribution in [2.75, 3.05) is 12.5 Å². The Balaban J connectivity index is 0.000000211. The molecular formula is C22H23N5O6S2. The fourth-order valence-electron chi connectivity index (χ4n) is 3.23. The first kappa shape index (κ1) is 26.2. The molecule has 0 amide bonds. The van der Waals surface area contributed by atoms with Gasteiger partial charge in [-0.25, -0.2) is 4.79 Å². The van der Waals surface area contributed by atoms with Crippen LogP contribution in [0.1, 0.15) is 31.9 Å². The molecule has 3 aromatic rings. The minimum absolute atomic E-state index is 0.00117. The van der Waals surface area contributed by atoms with Crippen molar-refractivity contribution < 1.29 is 19.4 Å². The van der Waals surface area contributed by atoms with E-state index in [0.29, 0.717) is 27.2 Å². The molecule has 35 heavy (non-hydrogen) atoms. The van der Waals surface area contributed by atoms with Crippen LogP contribution in [0.5, 0.6) is 0 Å². The van der Waals surface area contributed by atoms with Crippen molar-refractivity contribution in [3.63, 3.8) is 0 Å². The molecule has 0 saturated carbocycles. The molecule has 2 aromatic carbocycles. The number of aliphatic imine (C=N–C) groups is 1. The fourth-order valence-corrected chi connectivity index (χ4v) is 4.41. The van der Waals surface area contributed by atoms with Crippen molar-refractivity contribution >= 4 is 58.1 Å². The number of benzene rings is 2. The monoisotopic (exact) mass is 517 g/mol. The highest BCUT2D eigenvalue weighted by Gasteiger charge is 2.23. The summed E-state index contributed by atoms with van der Waals surface area (Å²) in [4.78, 5) is 38.3. The zero-order valence-corrected chi connectivity index (χ0v) is 21.3. The van der Waals surface area contributed by atoms with Gasteiger partial charge in [-0.2, -0.15) is 9.78 Å². The summed E-state index contributed by atoms with van der Waals surface area (Å²) in [5.74, 6) is 0. The van der Waals surface area contributed by atoms with Crippen molar-refractivity contribution in [2.24, 2.45) is 4.99 Å². The van der Waals surface area contributed by atoms with Gasteiger partial charge in [0.15, 0.2) is 0 Å².